The van der Waals surface area contributed by atoms with E-state index >= 15 is 0 Å². The average Bonchev–Trinajstić information content (AvgIpc) is 3.30. The Labute approximate surface area is 136 Å². The molecule has 124 valence electrons. The standard InChI is InChI=1S/C18H24N2O3/c1-12-10-20(18(21)13-5-6-13)8-7-15(12)19-9-14-3-2-4-16-17(14)23-11-22-16/h2-4,12-13,15,19H,5-11H2,1H3/t12-,15-/m1/s1. The number of rotatable bonds is 4. The van der Waals surface area contributed by atoms with Crippen molar-refractivity contribution in [3.05, 3.63) is 23.8 Å². The number of ether oxygens (including phenoxy) is 2. The highest BCUT2D eigenvalue weighted by atomic mass is 16.7. The quantitative estimate of drug-likeness (QED) is 0.925. The average molecular weight is 316 g/mol. The minimum Gasteiger partial charge on any atom is -0.454 e. The molecule has 1 N–H and O–H groups in total. The molecule has 1 saturated heterocycles. The Kier molecular flexibility index (Phi) is 3.89. The van der Waals surface area contributed by atoms with Gasteiger partial charge in [-0.15, -0.1) is 0 Å². The molecule has 0 radical (unpaired) electrons. The van der Waals surface area contributed by atoms with Crippen LogP contribution in [0.15, 0.2) is 18.2 Å². The lowest BCUT2D eigenvalue weighted by atomic mass is 9.93. The molecule has 2 atom stereocenters. The summed E-state index contributed by atoms with van der Waals surface area (Å²) in [6.45, 7) is 5.07. The molecule has 23 heavy (non-hydrogen) atoms. The van der Waals surface area contributed by atoms with Crippen LogP contribution in [-0.4, -0.2) is 36.7 Å². The minimum atomic E-state index is 0.310. The highest BCUT2D eigenvalue weighted by Crippen LogP contribution is 2.36. The molecule has 5 nitrogen and oxygen atoms in total. The summed E-state index contributed by atoms with van der Waals surface area (Å²) in [5, 5.41) is 3.65. The zero-order valence-electron chi connectivity index (χ0n) is 13.6. The van der Waals surface area contributed by atoms with Gasteiger partial charge in [0.15, 0.2) is 11.5 Å². The van der Waals surface area contributed by atoms with Crippen LogP contribution >= 0.6 is 0 Å². The number of hydrogen-bond donors (Lipinski definition) is 1. The molecule has 5 heteroatoms. The number of amides is 1. The largest absolute Gasteiger partial charge is 0.454 e. The van der Waals surface area contributed by atoms with Crippen molar-refractivity contribution in [1.82, 2.24) is 10.2 Å². The van der Waals surface area contributed by atoms with Crippen molar-refractivity contribution in [2.24, 2.45) is 11.8 Å². The molecule has 3 aliphatic rings. The molecular formula is C18H24N2O3. The smallest absolute Gasteiger partial charge is 0.231 e. The molecule has 1 aromatic carbocycles. The number of nitrogens with one attached hydrogen (secondary N) is 1. The number of piperidine rings is 1. The van der Waals surface area contributed by atoms with Crippen LogP contribution in [0, 0.1) is 11.8 Å². The Balaban J connectivity index is 1.33. The van der Waals surface area contributed by atoms with E-state index in [-0.39, 0.29) is 0 Å². The van der Waals surface area contributed by atoms with Crippen molar-refractivity contribution >= 4 is 5.91 Å². The summed E-state index contributed by atoms with van der Waals surface area (Å²) in [6, 6.07) is 6.47. The highest BCUT2D eigenvalue weighted by molar-refractivity contribution is 5.81. The second kappa shape index (κ2) is 6.04. The Morgan fingerprint density at radius 3 is 2.96 bits per heavy atom. The maximum Gasteiger partial charge on any atom is 0.231 e. The monoisotopic (exact) mass is 316 g/mol. The molecular weight excluding hydrogens is 292 g/mol. The molecule has 0 aromatic heterocycles. The first-order chi connectivity index (χ1) is 11.2. The van der Waals surface area contributed by atoms with Crippen LogP contribution < -0.4 is 14.8 Å². The summed E-state index contributed by atoms with van der Waals surface area (Å²) in [5.74, 6) is 2.88. The Hall–Kier alpha value is -1.75. The third kappa shape index (κ3) is 3.02. The molecule has 0 unspecified atom stereocenters. The summed E-state index contributed by atoms with van der Waals surface area (Å²) >= 11 is 0. The lowest BCUT2D eigenvalue weighted by Crippen LogP contribution is -2.50. The van der Waals surface area contributed by atoms with Crippen LogP contribution in [0.5, 0.6) is 11.5 Å². The lowest BCUT2D eigenvalue weighted by molar-refractivity contribution is -0.134. The first-order valence-electron chi connectivity index (χ1n) is 8.62. The van der Waals surface area contributed by atoms with Crippen molar-refractivity contribution in [1.29, 1.82) is 0 Å². The van der Waals surface area contributed by atoms with Crippen LogP contribution in [0.25, 0.3) is 0 Å². The Morgan fingerprint density at radius 2 is 2.17 bits per heavy atom. The molecule has 0 spiro atoms. The molecule has 2 aliphatic heterocycles. The first-order valence-corrected chi connectivity index (χ1v) is 8.62. The molecule has 1 saturated carbocycles. The lowest BCUT2D eigenvalue weighted by Gasteiger charge is -2.37. The zero-order chi connectivity index (χ0) is 15.8. The number of para-hydroxylation sites is 1. The van der Waals surface area contributed by atoms with Gasteiger partial charge in [0.1, 0.15) is 0 Å². The van der Waals surface area contributed by atoms with Gasteiger partial charge in [0.2, 0.25) is 12.7 Å². The third-order valence-corrected chi connectivity index (χ3v) is 5.18. The van der Waals surface area contributed by atoms with Crippen molar-refractivity contribution in [3.63, 3.8) is 0 Å². The van der Waals surface area contributed by atoms with E-state index in [1.54, 1.807) is 0 Å². The van der Waals surface area contributed by atoms with E-state index < -0.39 is 0 Å². The molecule has 2 heterocycles. The topological polar surface area (TPSA) is 50.8 Å². The minimum absolute atomic E-state index is 0.310. The van der Waals surface area contributed by atoms with E-state index in [4.69, 9.17) is 9.47 Å². The molecule has 0 bridgehead atoms. The van der Waals surface area contributed by atoms with E-state index in [9.17, 15) is 4.79 Å². The fourth-order valence-corrected chi connectivity index (χ4v) is 3.61. The van der Waals surface area contributed by atoms with Crippen LogP contribution in [0.1, 0.15) is 31.7 Å². The predicted molar refractivity (Wildman–Crippen MR) is 86.3 cm³/mol. The molecule has 1 aromatic rings. The van der Waals surface area contributed by atoms with Gasteiger partial charge in [-0.1, -0.05) is 19.1 Å². The summed E-state index contributed by atoms with van der Waals surface area (Å²) in [5.41, 5.74) is 1.14. The number of hydrogen-bond acceptors (Lipinski definition) is 4. The Bertz CT molecular complexity index is 600. The van der Waals surface area contributed by atoms with Gasteiger partial charge in [-0.2, -0.15) is 0 Å². The van der Waals surface area contributed by atoms with Crippen molar-refractivity contribution < 1.29 is 14.3 Å². The number of likely N-dealkylation sites (tertiary alicyclic amines) is 1. The van der Waals surface area contributed by atoms with Crippen molar-refractivity contribution in [2.75, 3.05) is 19.9 Å². The molecule has 1 amide bonds. The van der Waals surface area contributed by atoms with E-state index in [2.05, 4.69) is 23.2 Å². The van der Waals surface area contributed by atoms with Crippen molar-refractivity contribution in [3.8, 4) is 11.5 Å². The molecule has 4 rings (SSSR count). The van der Waals surface area contributed by atoms with Crippen LogP contribution in [0.3, 0.4) is 0 Å². The van der Waals surface area contributed by atoms with Gasteiger partial charge in [-0.3, -0.25) is 4.79 Å². The highest BCUT2D eigenvalue weighted by Gasteiger charge is 2.36. The van der Waals surface area contributed by atoms with E-state index in [0.29, 0.717) is 30.6 Å². The predicted octanol–water partition coefficient (Wildman–Crippen LogP) is 2.15. The summed E-state index contributed by atoms with van der Waals surface area (Å²) in [4.78, 5) is 14.3. The van der Waals surface area contributed by atoms with Crippen LogP contribution in [-0.2, 0) is 11.3 Å². The van der Waals surface area contributed by atoms with Gasteiger partial charge >= 0.3 is 0 Å². The number of benzene rings is 1. The van der Waals surface area contributed by atoms with E-state index in [1.807, 2.05) is 12.1 Å². The molecule has 2 fully saturated rings. The molecule has 1 aliphatic carbocycles. The Morgan fingerprint density at radius 1 is 1.30 bits per heavy atom. The second-order valence-corrected chi connectivity index (χ2v) is 6.96. The maximum absolute atomic E-state index is 12.2. The zero-order valence-corrected chi connectivity index (χ0v) is 13.6. The normalized spacial score (nSPS) is 26.4. The van der Waals surface area contributed by atoms with Gasteiger partial charge in [-0.25, -0.2) is 0 Å². The second-order valence-electron chi connectivity index (χ2n) is 6.96. The third-order valence-electron chi connectivity index (χ3n) is 5.18. The van der Waals surface area contributed by atoms with Gasteiger partial charge in [0.25, 0.3) is 0 Å². The van der Waals surface area contributed by atoms with Crippen LogP contribution in [0.2, 0.25) is 0 Å². The van der Waals surface area contributed by atoms with Crippen molar-refractivity contribution in [2.45, 2.75) is 38.8 Å². The summed E-state index contributed by atoms with van der Waals surface area (Å²) in [7, 11) is 0. The fraction of sp³-hybridized carbons (Fsp3) is 0.611. The van der Waals surface area contributed by atoms with Gasteiger partial charge in [0.05, 0.1) is 0 Å². The maximum atomic E-state index is 12.2. The fourth-order valence-electron chi connectivity index (χ4n) is 3.61. The number of carbonyl (C=O) groups excluding carboxylic acids is 1. The number of nitrogens with zero attached hydrogens (tertiary/aromatic N) is 1. The van der Waals surface area contributed by atoms with E-state index in [0.717, 1.165) is 56.0 Å². The number of fused-ring (bicyclic) bond motifs is 1. The van der Waals surface area contributed by atoms with Gasteiger partial charge in [-0.05, 0) is 31.2 Å². The van der Waals surface area contributed by atoms with Gasteiger partial charge in [0, 0.05) is 37.2 Å². The summed E-state index contributed by atoms with van der Waals surface area (Å²) < 4.78 is 11.0. The summed E-state index contributed by atoms with van der Waals surface area (Å²) in [6.07, 6.45) is 3.20. The first kappa shape index (κ1) is 14.8. The SMILES string of the molecule is C[C@@H]1CN(C(=O)C2CC2)CC[C@H]1NCc1cccc2c1OCO2. The van der Waals surface area contributed by atoms with E-state index in [1.165, 1.54) is 0 Å². The van der Waals surface area contributed by atoms with Crippen LogP contribution in [0.4, 0.5) is 0 Å². The van der Waals surface area contributed by atoms with Gasteiger partial charge < -0.3 is 19.7 Å². The number of carbonyl (C=O) groups is 1.